The predicted molar refractivity (Wildman–Crippen MR) is 65.9 cm³/mol. The van der Waals surface area contributed by atoms with E-state index in [1.165, 1.54) is 19.4 Å². The summed E-state index contributed by atoms with van der Waals surface area (Å²) in [5, 5.41) is 7.51. The first-order valence-electron chi connectivity index (χ1n) is 6.53. The second-order valence-corrected chi connectivity index (χ2v) is 4.69. The van der Waals surface area contributed by atoms with Crippen molar-refractivity contribution in [2.45, 2.75) is 39.2 Å². The molecule has 1 saturated heterocycles. The van der Waals surface area contributed by atoms with Crippen molar-refractivity contribution in [2.24, 2.45) is 0 Å². The highest BCUT2D eigenvalue weighted by molar-refractivity contribution is 4.86. The molecule has 1 atom stereocenters. The molecule has 0 bridgehead atoms. The number of hydrogen-bond acceptors (Lipinski definition) is 5. The Morgan fingerprint density at radius 1 is 1.53 bits per heavy atom. The topological polar surface area (TPSA) is 54.2 Å². The minimum Gasteiger partial charge on any atom is -0.340 e. The normalized spacial score (nSPS) is 22.6. The van der Waals surface area contributed by atoms with E-state index >= 15 is 0 Å². The Morgan fingerprint density at radius 3 is 3.12 bits per heavy atom. The van der Waals surface area contributed by atoms with Gasteiger partial charge < -0.3 is 14.7 Å². The molecule has 0 radical (unpaired) electrons. The Kier molecular flexibility index (Phi) is 4.50. The maximum atomic E-state index is 4.98. The van der Waals surface area contributed by atoms with Crippen molar-refractivity contribution >= 4 is 0 Å². The van der Waals surface area contributed by atoms with E-state index in [9.17, 15) is 0 Å². The fourth-order valence-corrected chi connectivity index (χ4v) is 2.25. The van der Waals surface area contributed by atoms with Gasteiger partial charge in [-0.25, -0.2) is 0 Å². The van der Waals surface area contributed by atoms with Gasteiger partial charge in [-0.3, -0.25) is 0 Å². The Balaban J connectivity index is 1.81. The van der Waals surface area contributed by atoms with Crippen LogP contribution in [0.25, 0.3) is 0 Å². The van der Waals surface area contributed by atoms with E-state index in [1.807, 2.05) is 6.92 Å². The summed E-state index contributed by atoms with van der Waals surface area (Å²) in [4.78, 5) is 6.74. The molecule has 17 heavy (non-hydrogen) atoms. The maximum absolute atomic E-state index is 4.98. The zero-order valence-corrected chi connectivity index (χ0v) is 10.8. The smallest absolute Gasteiger partial charge is 0.223 e. The second kappa shape index (κ2) is 6.12. The summed E-state index contributed by atoms with van der Waals surface area (Å²) >= 11 is 0. The van der Waals surface area contributed by atoms with Crippen LogP contribution in [-0.2, 0) is 6.42 Å². The van der Waals surface area contributed by atoms with Crippen LogP contribution in [0.3, 0.4) is 0 Å². The molecule has 1 aliphatic rings. The lowest BCUT2D eigenvalue weighted by atomic mass is 10.2. The lowest BCUT2D eigenvalue weighted by Gasteiger charge is -2.22. The molecular formula is C12H22N4O. The van der Waals surface area contributed by atoms with Crippen LogP contribution in [0, 0.1) is 6.92 Å². The van der Waals surface area contributed by atoms with Gasteiger partial charge in [0, 0.05) is 32.5 Å². The van der Waals surface area contributed by atoms with Gasteiger partial charge in [0.1, 0.15) is 0 Å². The Labute approximate surface area is 103 Å². The molecule has 1 N–H and O–H groups in total. The molecule has 1 aromatic rings. The van der Waals surface area contributed by atoms with Crippen molar-refractivity contribution in [3.63, 3.8) is 0 Å². The van der Waals surface area contributed by atoms with Gasteiger partial charge in [0.25, 0.3) is 0 Å². The van der Waals surface area contributed by atoms with Gasteiger partial charge in [0.2, 0.25) is 5.89 Å². The van der Waals surface area contributed by atoms with Crippen LogP contribution in [0.2, 0.25) is 0 Å². The molecule has 2 heterocycles. The summed E-state index contributed by atoms with van der Waals surface area (Å²) in [5.74, 6) is 1.48. The molecule has 0 saturated carbocycles. The van der Waals surface area contributed by atoms with Crippen LogP contribution in [0.1, 0.15) is 31.5 Å². The highest BCUT2D eigenvalue weighted by Gasteiger charge is 2.16. The minimum atomic E-state index is 0.629. The van der Waals surface area contributed by atoms with Crippen molar-refractivity contribution in [3.05, 3.63) is 11.7 Å². The highest BCUT2D eigenvalue weighted by atomic mass is 16.5. The fourth-order valence-electron chi connectivity index (χ4n) is 2.25. The maximum Gasteiger partial charge on any atom is 0.223 e. The third-order valence-electron chi connectivity index (χ3n) is 3.28. The van der Waals surface area contributed by atoms with Gasteiger partial charge in [-0.15, -0.1) is 0 Å². The number of nitrogens with zero attached hydrogens (tertiary/aromatic N) is 3. The van der Waals surface area contributed by atoms with E-state index in [-0.39, 0.29) is 0 Å². The quantitative estimate of drug-likeness (QED) is 0.848. The van der Waals surface area contributed by atoms with Crippen molar-refractivity contribution in [1.29, 1.82) is 0 Å². The first-order valence-corrected chi connectivity index (χ1v) is 6.53. The van der Waals surface area contributed by atoms with E-state index in [0.29, 0.717) is 11.9 Å². The summed E-state index contributed by atoms with van der Waals surface area (Å²) in [6, 6.07) is 0.629. The Bertz CT molecular complexity index is 339. The molecule has 1 unspecified atom stereocenters. The van der Waals surface area contributed by atoms with Crippen LogP contribution >= 0.6 is 0 Å². The number of hydrogen-bond donors (Lipinski definition) is 1. The van der Waals surface area contributed by atoms with Gasteiger partial charge in [-0.05, 0) is 25.9 Å². The van der Waals surface area contributed by atoms with E-state index in [1.54, 1.807) is 0 Å². The number of aryl methyl sites for hydroxylation is 1. The Hall–Kier alpha value is -0.940. The summed E-state index contributed by atoms with van der Waals surface area (Å²) < 4.78 is 4.98. The van der Waals surface area contributed by atoms with Crippen molar-refractivity contribution < 1.29 is 4.52 Å². The summed E-state index contributed by atoms with van der Waals surface area (Å²) in [5.41, 5.74) is 0. The number of nitrogens with one attached hydrogen (secondary N) is 1. The molecule has 5 heteroatoms. The molecule has 1 aromatic heterocycles. The van der Waals surface area contributed by atoms with Gasteiger partial charge in [-0.2, -0.15) is 4.98 Å². The van der Waals surface area contributed by atoms with Gasteiger partial charge in [0.15, 0.2) is 5.82 Å². The predicted octanol–water partition coefficient (Wildman–Crippen LogP) is 0.994. The van der Waals surface area contributed by atoms with Crippen molar-refractivity contribution in [2.75, 3.05) is 26.2 Å². The largest absolute Gasteiger partial charge is 0.340 e. The zero-order valence-electron chi connectivity index (χ0n) is 10.8. The Morgan fingerprint density at radius 2 is 2.41 bits per heavy atom. The molecular weight excluding hydrogens is 216 g/mol. The summed E-state index contributed by atoms with van der Waals surface area (Å²) in [6.07, 6.45) is 3.30. The molecule has 0 aliphatic carbocycles. The molecule has 0 aromatic carbocycles. The monoisotopic (exact) mass is 238 g/mol. The average Bonchev–Trinajstić information content (AvgIpc) is 2.62. The molecule has 1 fully saturated rings. The van der Waals surface area contributed by atoms with E-state index < -0.39 is 0 Å². The first-order chi connectivity index (χ1) is 8.28. The zero-order chi connectivity index (χ0) is 12.1. The van der Waals surface area contributed by atoms with Crippen LogP contribution in [0.4, 0.5) is 0 Å². The van der Waals surface area contributed by atoms with Crippen LogP contribution in [-0.4, -0.2) is 47.3 Å². The minimum absolute atomic E-state index is 0.629. The summed E-state index contributed by atoms with van der Waals surface area (Å²) in [6.45, 7) is 8.53. The first kappa shape index (κ1) is 12.5. The molecule has 96 valence electrons. The number of aromatic nitrogens is 2. The fraction of sp³-hybridized carbons (Fsp3) is 0.833. The lowest BCUT2D eigenvalue weighted by molar-refractivity contribution is 0.265. The third-order valence-corrected chi connectivity index (χ3v) is 3.28. The van der Waals surface area contributed by atoms with Crippen LogP contribution in [0.15, 0.2) is 4.52 Å². The average molecular weight is 238 g/mol. The van der Waals surface area contributed by atoms with Gasteiger partial charge in [-0.1, -0.05) is 12.1 Å². The molecule has 5 nitrogen and oxygen atoms in total. The van der Waals surface area contributed by atoms with E-state index in [2.05, 4.69) is 27.3 Å². The van der Waals surface area contributed by atoms with Gasteiger partial charge in [0.05, 0.1) is 0 Å². The molecule has 0 spiro atoms. The summed E-state index contributed by atoms with van der Waals surface area (Å²) in [7, 11) is 0. The highest BCUT2D eigenvalue weighted by Crippen LogP contribution is 2.05. The molecule has 0 amide bonds. The second-order valence-electron chi connectivity index (χ2n) is 4.69. The van der Waals surface area contributed by atoms with E-state index in [4.69, 9.17) is 4.52 Å². The third kappa shape index (κ3) is 3.78. The van der Waals surface area contributed by atoms with Crippen LogP contribution in [0.5, 0.6) is 0 Å². The number of rotatable bonds is 4. The van der Waals surface area contributed by atoms with Crippen molar-refractivity contribution in [3.8, 4) is 0 Å². The van der Waals surface area contributed by atoms with Crippen molar-refractivity contribution in [1.82, 2.24) is 20.4 Å². The molecule has 1 aliphatic heterocycles. The van der Waals surface area contributed by atoms with E-state index in [0.717, 1.165) is 31.9 Å². The van der Waals surface area contributed by atoms with Crippen LogP contribution < -0.4 is 5.32 Å². The standard InChI is InChI=1S/C12H22N4O/c1-3-11-9-16(7-4-6-13-11)8-5-12-14-10(2)17-15-12/h11,13H,3-9H2,1-2H3. The lowest BCUT2D eigenvalue weighted by Crippen LogP contribution is -2.38. The van der Waals surface area contributed by atoms with Gasteiger partial charge >= 0.3 is 0 Å². The molecule has 2 rings (SSSR count). The SMILES string of the molecule is CCC1CN(CCc2noc(C)n2)CCCN1.